The van der Waals surface area contributed by atoms with Crippen LogP contribution < -0.4 is 4.74 Å². The summed E-state index contributed by atoms with van der Waals surface area (Å²) in [6.07, 6.45) is -4.82. The van der Waals surface area contributed by atoms with Crippen LogP contribution in [0.1, 0.15) is 11.3 Å². The van der Waals surface area contributed by atoms with E-state index in [1.165, 1.54) is 0 Å². The summed E-state index contributed by atoms with van der Waals surface area (Å²) in [5, 5.41) is -0.910. The van der Waals surface area contributed by atoms with Gasteiger partial charge < -0.3 is 4.74 Å². The van der Waals surface area contributed by atoms with E-state index in [1.54, 1.807) is 30.3 Å². The Bertz CT molecular complexity index is 764. The number of rotatable bonds is 4. The molecule has 9 heteroatoms. The van der Waals surface area contributed by atoms with Crippen molar-refractivity contribution in [1.82, 2.24) is 4.98 Å². The second-order valence-electron chi connectivity index (χ2n) is 4.24. The van der Waals surface area contributed by atoms with E-state index in [0.717, 1.165) is 6.07 Å². The topological polar surface area (TPSA) is 56.3 Å². The largest absolute Gasteiger partial charge is 0.489 e. The van der Waals surface area contributed by atoms with Gasteiger partial charge in [0.05, 0.1) is 0 Å². The first-order chi connectivity index (χ1) is 10.2. The van der Waals surface area contributed by atoms with Gasteiger partial charge >= 0.3 is 6.18 Å². The van der Waals surface area contributed by atoms with Crippen LogP contribution in [0.3, 0.4) is 0 Å². The monoisotopic (exact) mass is 351 g/mol. The zero-order valence-corrected chi connectivity index (χ0v) is 12.4. The van der Waals surface area contributed by atoms with Crippen molar-refractivity contribution in [3.05, 3.63) is 53.7 Å². The molecular weight excluding hydrogens is 343 g/mol. The Balaban J connectivity index is 2.34. The normalized spacial score (nSPS) is 12.2. The minimum atomic E-state index is -4.82. The maximum Gasteiger partial charge on any atom is 0.433 e. The smallest absolute Gasteiger partial charge is 0.433 e. The van der Waals surface area contributed by atoms with Gasteiger partial charge in [-0.15, -0.1) is 0 Å². The summed E-state index contributed by atoms with van der Waals surface area (Å²) < 4.78 is 65.9. The predicted octanol–water partition coefficient (Wildman–Crippen LogP) is 3.61. The van der Waals surface area contributed by atoms with E-state index in [0.29, 0.717) is 11.6 Å². The van der Waals surface area contributed by atoms with E-state index in [1.807, 2.05) is 0 Å². The van der Waals surface area contributed by atoms with Crippen LogP contribution in [0.5, 0.6) is 5.75 Å². The van der Waals surface area contributed by atoms with Crippen LogP contribution in [0, 0.1) is 0 Å². The van der Waals surface area contributed by atoms with Gasteiger partial charge in [0.15, 0.2) is 5.03 Å². The molecule has 2 rings (SSSR count). The lowest BCUT2D eigenvalue weighted by molar-refractivity contribution is -0.141. The summed E-state index contributed by atoms with van der Waals surface area (Å²) in [7, 11) is 0.647. The lowest BCUT2D eigenvalue weighted by Gasteiger charge is -2.11. The first kappa shape index (κ1) is 16.6. The van der Waals surface area contributed by atoms with E-state index >= 15 is 0 Å². The molecule has 0 radical (unpaired) electrons. The van der Waals surface area contributed by atoms with Crippen molar-refractivity contribution in [2.75, 3.05) is 0 Å². The molecule has 0 saturated carbocycles. The molecule has 0 bridgehead atoms. The molecule has 0 aliphatic carbocycles. The van der Waals surface area contributed by atoms with Crippen molar-refractivity contribution in [1.29, 1.82) is 0 Å². The second-order valence-corrected chi connectivity index (χ2v) is 6.75. The summed E-state index contributed by atoms with van der Waals surface area (Å²) in [6, 6.07) is 10.1. The van der Waals surface area contributed by atoms with E-state index in [-0.39, 0.29) is 12.4 Å². The van der Waals surface area contributed by atoms with Gasteiger partial charge in [0.25, 0.3) is 9.05 Å². The Kier molecular flexibility index (Phi) is 4.62. The summed E-state index contributed by atoms with van der Waals surface area (Å²) >= 11 is 0. The van der Waals surface area contributed by atoms with Gasteiger partial charge in [-0.2, -0.15) is 13.2 Å². The van der Waals surface area contributed by atoms with Crippen molar-refractivity contribution in [3.63, 3.8) is 0 Å². The maximum atomic E-state index is 12.7. The molecule has 0 aliphatic rings. The van der Waals surface area contributed by atoms with Gasteiger partial charge in [-0.3, -0.25) is 0 Å². The Morgan fingerprint density at radius 1 is 1.14 bits per heavy atom. The van der Waals surface area contributed by atoms with Gasteiger partial charge in [0, 0.05) is 22.8 Å². The number of pyridine rings is 1. The van der Waals surface area contributed by atoms with Crippen molar-refractivity contribution in [3.8, 4) is 5.75 Å². The van der Waals surface area contributed by atoms with Crippen molar-refractivity contribution >= 4 is 19.7 Å². The predicted molar refractivity (Wildman–Crippen MR) is 73.1 cm³/mol. The van der Waals surface area contributed by atoms with Gasteiger partial charge in [0.2, 0.25) is 0 Å². The molecule has 118 valence electrons. The fraction of sp³-hybridized carbons (Fsp3) is 0.154. The van der Waals surface area contributed by atoms with Gasteiger partial charge in [0.1, 0.15) is 18.1 Å². The first-order valence-electron chi connectivity index (χ1n) is 5.87. The molecule has 1 aromatic heterocycles. The van der Waals surface area contributed by atoms with Gasteiger partial charge in [-0.1, -0.05) is 30.3 Å². The van der Waals surface area contributed by atoms with E-state index in [2.05, 4.69) is 4.98 Å². The maximum absolute atomic E-state index is 12.7. The number of ether oxygens (including phenoxy) is 1. The Labute approximate surface area is 128 Å². The Morgan fingerprint density at radius 3 is 2.32 bits per heavy atom. The standard InChI is InChI=1S/C13H9ClF3NO3S/c14-22(19,20)12-7-10(6-11(18-12)13(15,16)17)21-8-9-4-2-1-3-5-9/h1-7H,8H2. The van der Waals surface area contributed by atoms with E-state index in [9.17, 15) is 21.6 Å². The summed E-state index contributed by atoms with van der Waals surface area (Å²) in [5.41, 5.74) is -0.680. The fourth-order valence-corrected chi connectivity index (χ4v) is 2.28. The molecule has 0 saturated heterocycles. The van der Waals surface area contributed by atoms with Crippen LogP contribution in [0.2, 0.25) is 0 Å². The first-order valence-corrected chi connectivity index (χ1v) is 8.18. The average Bonchev–Trinajstić information content (AvgIpc) is 2.44. The third-order valence-electron chi connectivity index (χ3n) is 2.56. The second kappa shape index (κ2) is 6.13. The summed E-state index contributed by atoms with van der Waals surface area (Å²) in [6.45, 7) is -0.0239. The highest BCUT2D eigenvalue weighted by molar-refractivity contribution is 8.13. The Morgan fingerprint density at radius 2 is 1.77 bits per heavy atom. The zero-order chi connectivity index (χ0) is 16.4. The summed E-state index contributed by atoms with van der Waals surface area (Å²) in [5.74, 6) is -0.287. The minimum Gasteiger partial charge on any atom is -0.489 e. The van der Waals surface area contributed by atoms with Crippen LogP contribution in [-0.4, -0.2) is 13.4 Å². The van der Waals surface area contributed by atoms with Crippen molar-refractivity contribution in [2.45, 2.75) is 17.8 Å². The number of aromatic nitrogens is 1. The van der Waals surface area contributed by atoms with Crippen LogP contribution in [-0.2, 0) is 21.8 Å². The van der Waals surface area contributed by atoms with Gasteiger partial charge in [-0.25, -0.2) is 13.4 Å². The summed E-state index contributed by atoms with van der Waals surface area (Å²) in [4.78, 5) is 3.01. The molecule has 4 nitrogen and oxygen atoms in total. The molecule has 0 unspecified atom stereocenters. The van der Waals surface area contributed by atoms with Crippen molar-refractivity contribution < 1.29 is 26.3 Å². The quantitative estimate of drug-likeness (QED) is 0.790. The molecule has 0 fully saturated rings. The van der Waals surface area contributed by atoms with Crippen molar-refractivity contribution in [2.24, 2.45) is 0 Å². The average molecular weight is 352 g/mol. The number of alkyl halides is 3. The van der Waals surface area contributed by atoms with Crippen LogP contribution in [0.4, 0.5) is 13.2 Å². The number of benzene rings is 1. The molecule has 0 atom stereocenters. The molecule has 1 aromatic carbocycles. The number of halogens is 4. The number of hydrogen-bond donors (Lipinski definition) is 0. The van der Waals surface area contributed by atoms with Gasteiger partial charge in [-0.05, 0) is 5.56 Å². The number of nitrogens with zero attached hydrogens (tertiary/aromatic N) is 1. The fourth-order valence-electron chi connectivity index (χ4n) is 1.58. The molecule has 0 N–H and O–H groups in total. The third kappa shape index (κ3) is 4.35. The molecule has 0 aliphatic heterocycles. The molecule has 22 heavy (non-hydrogen) atoms. The Hall–Kier alpha value is -1.80. The molecule has 1 heterocycles. The SMILES string of the molecule is O=S(=O)(Cl)c1cc(OCc2ccccc2)cc(C(F)(F)F)n1. The molecular formula is C13H9ClF3NO3S. The highest BCUT2D eigenvalue weighted by Gasteiger charge is 2.34. The van der Waals surface area contributed by atoms with Crippen LogP contribution >= 0.6 is 10.7 Å². The van der Waals surface area contributed by atoms with E-state index in [4.69, 9.17) is 15.4 Å². The highest BCUT2D eigenvalue weighted by Crippen LogP contribution is 2.32. The minimum absolute atomic E-state index is 0.0239. The lowest BCUT2D eigenvalue weighted by Crippen LogP contribution is -2.11. The van der Waals surface area contributed by atoms with Crippen LogP contribution in [0.15, 0.2) is 47.5 Å². The molecule has 0 amide bonds. The molecule has 0 spiro atoms. The van der Waals surface area contributed by atoms with E-state index < -0.39 is 25.9 Å². The molecule has 2 aromatic rings. The zero-order valence-electron chi connectivity index (χ0n) is 10.8. The third-order valence-corrected chi connectivity index (χ3v) is 3.75. The van der Waals surface area contributed by atoms with Crippen LogP contribution in [0.25, 0.3) is 0 Å². The lowest BCUT2D eigenvalue weighted by atomic mass is 10.2. The number of hydrogen-bond acceptors (Lipinski definition) is 4. The highest BCUT2D eigenvalue weighted by atomic mass is 35.7.